The second-order valence-electron chi connectivity index (χ2n) is 3.13. The van der Waals surface area contributed by atoms with E-state index in [4.69, 9.17) is 4.84 Å². The van der Waals surface area contributed by atoms with Crippen LogP contribution in [0.5, 0.6) is 0 Å². The monoisotopic (exact) mass is 190 g/mol. The maximum Gasteiger partial charge on any atom is 0.282 e. The van der Waals surface area contributed by atoms with Gasteiger partial charge in [-0.2, -0.15) is 0 Å². The topological polar surface area (TPSA) is 21.6 Å². The number of hydrogen-bond acceptors (Lipinski definition) is 2. The summed E-state index contributed by atoms with van der Waals surface area (Å²) in [5, 5.41) is 4.11. The van der Waals surface area contributed by atoms with E-state index < -0.39 is 0 Å². The number of oxime groups is 1. The summed E-state index contributed by atoms with van der Waals surface area (Å²) >= 11 is 1.21. The molecule has 0 heterocycles. The molecule has 0 bridgehead atoms. The fourth-order valence-corrected chi connectivity index (χ4v) is 0.719. The summed E-state index contributed by atoms with van der Waals surface area (Å²) in [6, 6.07) is 0. The lowest BCUT2D eigenvalue weighted by Crippen LogP contribution is -2.23. The van der Waals surface area contributed by atoms with E-state index in [2.05, 4.69) is 25.3 Å². The van der Waals surface area contributed by atoms with E-state index in [1.165, 1.54) is 11.8 Å². The highest BCUT2D eigenvalue weighted by Gasteiger charge is 2.25. The lowest BCUT2D eigenvalue weighted by Gasteiger charge is -2.13. The summed E-state index contributed by atoms with van der Waals surface area (Å²) in [4.78, 5) is 5.25. The molecular weight excluding hydrogens is 170 g/mol. The van der Waals surface area contributed by atoms with E-state index in [1.807, 2.05) is 13.8 Å². The second kappa shape index (κ2) is 5.46. The Morgan fingerprint density at radius 1 is 1.33 bits per heavy atom. The van der Waals surface area contributed by atoms with Crippen LogP contribution in [-0.2, 0) is 16.6 Å². The van der Waals surface area contributed by atoms with E-state index in [0.717, 1.165) is 18.6 Å². The van der Waals surface area contributed by atoms with Crippen LogP contribution in [0.2, 0.25) is 0 Å². The van der Waals surface area contributed by atoms with Crippen LogP contribution in [0.25, 0.3) is 0 Å². The minimum atomic E-state index is -0.143. The largest absolute Gasteiger partial charge is 0.340 e. The molecule has 0 aliphatic heterocycles. The van der Waals surface area contributed by atoms with Gasteiger partial charge >= 0.3 is 0 Å². The second-order valence-corrected chi connectivity index (χ2v) is 4.65. The minimum absolute atomic E-state index is 0.143. The molecule has 3 heteroatoms. The third-order valence-corrected chi connectivity index (χ3v) is 2.91. The predicted octanol–water partition coefficient (Wildman–Crippen LogP) is 2.36. The van der Waals surface area contributed by atoms with Crippen molar-refractivity contribution in [1.82, 2.24) is 0 Å². The molecule has 0 saturated carbocycles. The van der Waals surface area contributed by atoms with Crippen molar-refractivity contribution in [2.24, 2.45) is 5.16 Å². The summed E-state index contributed by atoms with van der Waals surface area (Å²) in [5.41, 5.74) is 1.13. The molecule has 0 aliphatic carbocycles. The minimum Gasteiger partial charge on any atom is -0.340 e. The SMILES string of the molecule is CCC(CC)=NOC(C)(C)[SH+]C. The zero-order valence-corrected chi connectivity index (χ0v) is 9.61. The van der Waals surface area contributed by atoms with Gasteiger partial charge in [-0.25, -0.2) is 0 Å². The third-order valence-electron chi connectivity index (χ3n) is 1.75. The van der Waals surface area contributed by atoms with Gasteiger partial charge < -0.3 is 4.84 Å². The highest BCUT2D eigenvalue weighted by Crippen LogP contribution is 2.11. The molecule has 12 heavy (non-hydrogen) atoms. The Bertz CT molecular complexity index is 149. The third kappa shape index (κ3) is 4.65. The van der Waals surface area contributed by atoms with E-state index >= 15 is 0 Å². The molecule has 0 saturated heterocycles. The Labute approximate surface area is 79.7 Å². The normalized spacial score (nSPS) is 11.1. The molecule has 0 fully saturated rings. The van der Waals surface area contributed by atoms with Gasteiger partial charge in [0.05, 0.1) is 12.0 Å². The molecule has 0 radical (unpaired) electrons. The van der Waals surface area contributed by atoms with E-state index in [-0.39, 0.29) is 4.93 Å². The highest BCUT2D eigenvalue weighted by molar-refractivity contribution is 7.79. The van der Waals surface area contributed by atoms with Crippen molar-refractivity contribution in [1.29, 1.82) is 0 Å². The fraction of sp³-hybridized carbons (Fsp3) is 0.889. The fourth-order valence-electron chi connectivity index (χ4n) is 0.596. The molecule has 0 aromatic heterocycles. The van der Waals surface area contributed by atoms with E-state index in [1.54, 1.807) is 0 Å². The lowest BCUT2D eigenvalue weighted by atomic mass is 10.2. The van der Waals surface area contributed by atoms with Crippen LogP contribution >= 0.6 is 0 Å². The van der Waals surface area contributed by atoms with E-state index in [9.17, 15) is 0 Å². The number of thiol groups is 1. The van der Waals surface area contributed by atoms with Crippen molar-refractivity contribution in [2.45, 2.75) is 45.5 Å². The van der Waals surface area contributed by atoms with Crippen LogP contribution in [0.15, 0.2) is 5.16 Å². The molecule has 0 amide bonds. The zero-order chi connectivity index (χ0) is 9.61. The summed E-state index contributed by atoms with van der Waals surface area (Å²) in [7, 11) is 0. The van der Waals surface area contributed by atoms with Crippen molar-refractivity contribution in [3.05, 3.63) is 0 Å². The van der Waals surface area contributed by atoms with Gasteiger partial charge in [-0.05, 0) is 12.8 Å². The number of rotatable bonds is 5. The molecule has 0 aliphatic rings. The lowest BCUT2D eigenvalue weighted by molar-refractivity contribution is 0.0570. The summed E-state index contributed by atoms with van der Waals surface area (Å²) in [5.74, 6) is 0. The summed E-state index contributed by atoms with van der Waals surface area (Å²) in [6.45, 7) is 8.28. The van der Waals surface area contributed by atoms with Gasteiger partial charge in [-0.1, -0.05) is 19.0 Å². The molecular formula is C9H20NOS+. The van der Waals surface area contributed by atoms with Gasteiger partial charge in [0.25, 0.3) is 4.93 Å². The van der Waals surface area contributed by atoms with Gasteiger partial charge in [0.15, 0.2) is 0 Å². The molecule has 0 atom stereocenters. The molecule has 0 unspecified atom stereocenters. The highest BCUT2D eigenvalue weighted by atomic mass is 32.2. The average molecular weight is 190 g/mol. The van der Waals surface area contributed by atoms with Gasteiger partial charge in [0, 0.05) is 25.6 Å². The quantitative estimate of drug-likeness (QED) is 0.282. The van der Waals surface area contributed by atoms with Gasteiger partial charge in [0.1, 0.15) is 0 Å². The Kier molecular flexibility index (Phi) is 5.38. The van der Waals surface area contributed by atoms with Crippen LogP contribution in [0.3, 0.4) is 0 Å². The van der Waals surface area contributed by atoms with Crippen molar-refractivity contribution in [3.63, 3.8) is 0 Å². The Morgan fingerprint density at radius 3 is 2.17 bits per heavy atom. The maximum atomic E-state index is 5.40. The molecule has 0 aromatic rings. The Morgan fingerprint density at radius 2 is 1.83 bits per heavy atom. The standard InChI is InChI=1S/C9H19NOS/c1-6-8(7-2)10-11-9(3,4)12-5/h6-7H2,1-5H3/p+1. The number of nitrogens with zero attached hydrogens (tertiary/aromatic N) is 1. The van der Waals surface area contributed by atoms with Crippen molar-refractivity contribution >= 4 is 17.5 Å². The zero-order valence-electron chi connectivity index (χ0n) is 8.72. The van der Waals surface area contributed by atoms with Crippen molar-refractivity contribution in [2.75, 3.05) is 6.26 Å². The van der Waals surface area contributed by atoms with Crippen molar-refractivity contribution < 1.29 is 4.84 Å². The molecule has 0 spiro atoms. The Hall–Kier alpha value is -0.180. The van der Waals surface area contributed by atoms with Gasteiger partial charge in [0.2, 0.25) is 0 Å². The van der Waals surface area contributed by atoms with Crippen molar-refractivity contribution in [3.8, 4) is 0 Å². The first-order valence-electron chi connectivity index (χ1n) is 4.40. The van der Waals surface area contributed by atoms with Gasteiger partial charge in [-0.3, -0.25) is 0 Å². The predicted molar refractivity (Wildman–Crippen MR) is 57.9 cm³/mol. The van der Waals surface area contributed by atoms with Crippen LogP contribution in [0, 0.1) is 0 Å². The molecule has 72 valence electrons. The van der Waals surface area contributed by atoms with Crippen LogP contribution in [-0.4, -0.2) is 16.9 Å². The summed E-state index contributed by atoms with van der Waals surface area (Å²) < 4.78 is 0. The molecule has 2 nitrogen and oxygen atoms in total. The Balaban J connectivity index is 4.00. The molecule has 0 rings (SSSR count). The smallest absolute Gasteiger partial charge is 0.282 e. The summed E-state index contributed by atoms with van der Waals surface area (Å²) in [6.07, 6.45) is 4.04. The molecule has 0 aromatic carbocycles. The first-order chi connectivity index (χ1) is 5.55. The number of hydrogen-bond donors (Lipinski definition) is 0. The van der Waals surface area contributed by atoms with Crippen LogP contribution in [0.4, 0.5) is 0 Å². The molecule has 0 N–H and O–H groups in total. The van der Waals surface area contributed by atoms with Gasteiger partial charge in [-0.15, -0.1) is 0 Å². The van der Waals surface area contributed by atoms with Crippen LogP contribution < -0.4 is 0 Å². The maximum absolute atomic E-state index is 5.40. The average Bonchev–Trinajstić information content (AvgIpc) is 2.06. The first kappa shape index (κ1) is 11.8. The van der Waals surface area contributed by atoms with E-state index in [0.29, 0.717) is 0 Å². The van der Waals surface area contributed by atoms with Crippen LogP contribution in [0.1, 0.15) is 40.5 Å². The first-order valence-corrected chi connectivity index (χ1v) is 5.74.